The van der Waals surface area contributed by atoms with Gasteiger partial charge in [-0.25, -0.2) is 0 Å². The van der Waals surface area contributed by atoms with Crippen molar-refractivity contribution in [1.29, 1.82) is 0 Å². The summed E-state index contributed by atoms with van der Waals surface area (Å²) in [6.07, 6.45) is 1.46. The summed E-state index contributed by atoms with van der Waals surface area (Å²) < 4.78 is 1.32. The second-order valence-electron chi connectivity index (χ2n) is 4.00. The Morgan fingerprint density at radius 1 is 1.22 bits per heavy atom. The molecule has 0 spiro atoms. The van der Waals surface area contributed by atoms with Gasteiger partial charge >= 0.3 is 0 Å². The lowest BCUT2D eigenvalue weighted by atomic mass is 10.2. The highest BCUT2D eigenvalue weighted by Crippen LogP contribution is 2.04. The number of hydrogen-bond donors (Lipinski definition) is 1. The maximum absolute atomic E-state index is 12.0. The molecule has 0 unspecified atom stereocenters. The van der Waals surface area contributed by atoms with Crippen molar-refractivity contribution in [2.24, 2.45) is 7.05 Å². The molecule has 2 heterocycles. The van der Waals surface area contributed by atoms with E-state index in [1.54, 1.807) is 7.05 Å². The molecular weight excluding hydrogens is 238 g/mol. The molecule has 94 valence electrons. The number of piperazine rings is 1. The molecule has 0 bridgehead atoms. The van der Waals surface area contributed by atoms with Crippen LogP contribution in [-0.2, 0) is 16.6 Å². The molecule has 0 radical (unpaired) electrons. The fourth-order valence-electron chi connectivity index (χ4n) is 1.64. The van der Waals surface area contributed by atoms with E-state index < -0.39 is 17.7 Å². The highest BCUT2D eigenvalue weighted by atomic mass is 16.2. The van der Waals surface area contributed by atoms with Gasteiger partial charge in [0.05, 0.1) is 0 Å². The largest absolute Gasteiger partial charge is 0.320 e. The average Bonchev–Trinajstić information content (AvgIpc) is 2.30. The second-order valence-corrected chi connectivity index (χ2v) is 4.00. The standard InChI is InChI=1S/C11H11N3O4/c1-13-3-2-7(4-10(13)17)11(18)14-5-8(15)12-9(16)6-14/h2-4H,5-6H2,1H3,(H,12,15,16). The Balaban J connectivity index is 2.25. The topological polar surface area (TPSA) is 88.5 Å². The molecule has 1 N–H and O–H groups in total. The number of amides is 3. The number of aryl methyl sites for hydroxylation is 1. The Kier molecular flexibility index (Phi) is 2.97. The summed E-state index contributed by atoms with van der Waals surface area (Å²) in [6.45, 7) is -0.362. The van der Waals surface area contributed by atoms with Gasteiger partial charge in [0.15, 0.2) is 0 Å². The van der Waals surface area contributed by atoms with Crippen LogP contribution in [0.5, 0.6) is 0 Å². The van der Waals surface area contributed by atoms with Crippen LogP contribution in [0.1, 0.15) is 10.4 Å². The van der Waals surface area contributed by atoms with E-state index in [0.29, 0.717) is 0 Å². The first-order chi connectivity index (χ1) is 8.47. The predicted molar refractivity (Wildman–Crippen MR) is 60.7 cm³/mol. The van der Waals surface area contributed by atoms with Gasteiger partial charge in [0.2, 0.25) is 11.8 Å². The first kappa shape index (κ1) is 12.0. The van der Waals surface area contributed by atoms with Crippen molar-refractivity contribution in [3.05, 3.63) is 34.2 Å². The molecule has 0 atom stereocenters. The van der Waals surface area contributed by atoms with Gasteiger partial charge in [-0.1, -0.05) is 0 Å². The number of nitrogens with zero attached hydrogens (tertiary/aromatic N) is 2. The molecule has 1 aromatic rings. The Morgan fingerprint density at radius 3 is 2.39 bits per heavy atom. The molecule has 7 heteroatoms. The van der Waals surface area contributed by atoms with Crippen molar-refractivity contribution in [2.45, 2.75) is 0 Å². The third-order valence-electron chi connectivity index (χ3n) is 2.59. The SMILES string of the molecule is Cn1ccc(C(=O)N2CC(=O)NC(=O)C2)cc1=O. The molecule has 1 aliphatic heterocycles. The number of hydrogen-bond acceptors (Lipinski definition) is 4. The van der Waals surface area contributed by atoms with Crippen LogP contribution in [0.2, 0.25) is 0 Å². The van der Waals surface area contributed by atoms with Gasteiger partial charge in [-0.15, -0.1) is 0 Å². The summed E-state index contributed by atoms with van der Waals surface area (Å²) in [5.41, 5.74) is -0.158. The van der Waals surface area contributed by atoms with E-state index in [1.165, 1.54) is 22.9 Å². The number of nitrogens with one attached hydrogen (secondary N) is 1. The van der Waals surface area contributed by atoms with Gasteiger partial charge in [0.25, 0.3) is 11.5 Å². The van der Waals surface area contributed by atoms with Crippen molar-refractivity contribution < 1.29 is 14.4 Å². The van der Waals surface area contributed by atoms with E-state index >= 15 is 0 Å². The van der Waals surface area contributed by atoms with Crippen molar-refractivity contribution >= 4 is 17.7 Å². The van der Waals surface area contributed by atoms with E-state index in [9.17, 15) is 19.2 Å². The lowest BCUT2D eigenvalue weighted by Crippen LogP contribution is -2.53. The summed E-state index contributed by atoms with van der Waals surface area (Å²) >= 11 is 0. The number of carbonyl (C=O) groups is 3. The van der Waals surface area contributed by atoms with Gasteiger partial charge in [-0.05, 0) is 6.07 Å². The van der Waals surface area contributed by atoms with Crippen LogP contribution in [0.25, 0.3) is 0 Å². The molecule has 0 aromatic carbocycles. The zero-order valence-electron chi connectivity index (χ0n) is 9.67. The summed E-state index contributed by atoms with van der Waals surface area (Å²) in [5, 5.41) is 2.10. The predicted octanol–water partition coefficient (Wildman–Crippen LogP) is -1.52. The fraction of sp³-hybridized carbons (Fsp3) is 0.273. The van der Waals surface area contributed by atoms with Gasteiger partial charge in [0.1, 0.15) is 13.1 Å². The van der Waals surface area contributed by atoms with Crippen molar-refractivity contribution in [2.75, 3.05) is 13.1 Å². The van der Waals surface area contributed by atoms with Crippen LogP contribution in [-0.4, -0.2) is 40.3 Å². The Hall–Kier alpha value is -2.44. The smallest absolute Gasteiger partial charge is 0.255 e. The van der Waals surface area contributed by atoms with Crippen LogP contribution in [0, 0.1) is 0 Å². The monoisotopic (exact) mass is 249 g/mol. The van der Waals surface area contributed by atoms with E-state index in [0.717, 1.165) is 4.90 Å². The average molecular weight is 249 g/mol. The summed E-state index contributed by atoms with van der Waals surface area (Å²) in [5.74, 6) is -1.55. The normalized spacial score (nSPS) is 15.5. The highest BCUT2D eigenvalue weighted by molar-refractivity contribution is 6.05. The summed E-state index contributed by atoms with van der Waals surface area (Å²) in [6, 6.07) is 2.65. The molecule has 7 nitrogen and oxygen atoms in total. The number of aromatic nitrogens is 1. The minimum absolute atomic E-state index is 0.167. The number of imide groups is 1. The lowest BCUT2D eigenvalue weighted by Gasteiger charge is -2.25. The zero-order chi connectivity index (χ0) is 13.3. The third kappa shape index (κ3) is 2.29. The van der Waals surface area contributed by atoms with E-state index in [-0.39, 0.29) is 24.2 Å². The molecular formula is C11H11N3O4. The minimum atomic E-state index is -0.525. The van der Waals surface area contributed by atoms with E-state index in [2.05, 4.69) is 5.32 Å². The summed E-state index contributed by atoms with van der Waals surface area (Å²) in [7, 11) is 1.56. The van der Waals surface area contributed by atoms with Crippen LogP contribution in [0.15, 0.2) is 23.1 Å². The number of pyridine rings is 1. The second kappa shape index (κ2) is 4.44. The third-order valence-corrected chi connectivity index (χ3v) is 2.59. The highest BCUT2D eigenvalue weighted by Gasteiger charge is 2.27. The molecule has 2 rings (SSSR count). The van der Waals surface area contributed by atoms with E-state index in [4.69, 9.17) is 0 Å². The van der Waals surface area contributed by atoms with Crippen LogP contribution >= 0.6 is 0 Å². The zero-order valence-corrected chi connectivity index (χ0v) is 9.67. The van der Waals surface area contributed by atoms with Crippen LogP contribution in [0.4, 0.5) is 0 Å². The van der Waals surface area contributed by atoms with Crippen molar-refractivity contribution in [1.82, 2.24) is 14.8 Å². The Morgan fingerprint density at radius 2 is 1.83 bits per heavy atom. The number of rotatable bonds is 1. The van der Waals surface area contributed by atoms with Gasteiger partial charge in [-0.3, -0.25) is 24.5 Å². The van der Waals surface area contributed by atoms with Crippen LogP contribution in [0.3, 0.4) is 0 Å². The van der Waals surface area contributed by atoms with Crippen LogP contribution < -0.4 is 10.9 Å². The molecule has 0 saturated carbocycles. The fourth-order valence-corrected chi connectivity index (χ4v) is 1.64. The van der Waals surface area contributed by atoms with Crippen molar-refractivity contribution in [3.63, 3.8) is 0 Å². The molecule has 1 aromatic heterocycles. The minimum Gasteiger partial charge on any atom is -0.320 e. The number of carbonyl (C=O) groups excluding carboxylic acids is 3. The van der Waals surface area contributed by atoms with Gasteiger partial charge in [0, 0.05) is 24.9 Å². The van der Waals surface area contributed by atoms with E-state index in [1.807, 2.05) is 0 Å². The molecule has 18 heavy (non-hydrogen) atoms. The Bertz CT molecular complexity index is 574. The Labute approximate surface area is 102 Å². The quantitative estimate of drug-likeness (QED) is 0.612. The van der Waals surface area contributed by atoms with Gasteiger partial charge < -0.3 is 9.47 Å². The summed E-state index contributed by atoms with van der Waals surface area (Å²) in [4.78, 5) is 46.8. The maximum atomic E-state index is 12.0. The van der Waals surface area contributed by atoms with Crippen molar-refractivity contribution in [3.8, 4) is 0 Å². The first-order valence-electron chi connectivity index (χ1n) is 5.26. The molecule has 1 aliphatic rings. The molecule has 3 amide bonds. The molecule has 1 saturated heterocycles. The molecule has 1 fully saturated rings. The first-order valence-corrected chi connectivity index (χ1v) is 5.26. The molecule has 0 aliphatic carbocycles. The maximum Gasteiger partial charge on any atom is 0.255 e. The van der Waals surface area contributed by atoms with Gasteiger partial charge in [-0.2, -0.15) is 0 Å². The lowest BCUT2D eigenvalue weighted by molar-refractivity contribution is -0.135.